The van der Waals surface area contributed by atoms with Crippen molar-refractivity contribution < 1.29 is 0 Å². The maximum Gasteiger partial charge on any atom is 0.177 e. The van der Waals surface area contributed by atoms with E-state index in [1.807, 2.05) is 6.20 Å². The summed E-state index contributed by atoms with van der Waals surface area (Å²) in [5, 5.41) is 0. The number of aromatic nitrogens is 2. The van der Waals surface area contributed by atoms with Crippen LogP contribution >= 0.6 is 12.2 Å². The van der Waals surface area contributed by atoms with Gasteiger partial charge in [-0.1, -0.05) is 38.1 Å². The number of nitrogens with zero attached hydrogens (tertiary/aromatic N) is 1. The summed E-state index contributed by atoms with van der Waals surface area (Å²) in [7, 11) is 0. The lowest BCUT2D eigenvalue weighted by Crippen LogP contribution is -2.12. The maximum atomic E-state index is 5.42. The van der Waals surface area contributed by atoms with Crippen LogP contribution in [0.2, 0.25) is 0 Å². The summed E-state index contributed by atoms with van der Waals surface area (Å²) in [5.41, 5.74) is 3.90. The van der Waals surface area contributed by atoms with Gasteiger partial charge in [-0.3, -0.25) is 0 Å². The Kier molecular flexibility index (Phi) is 3.71. The molecule has 0 aliphatic rings. The molecular formula is C15H20N2S. The van der Waals surface area contributed by atoms with Gasteiger partial charge in [0.15, 0.2) is 4.77 Å². The van der Waals surface area contributed by atoms with Crippen LogP contribution in [0.1, 0.15) is 49.6 Å². The second kappa shape index (κ2) is 5.11. The number of rotatable bonds is 3. The van der Waals surface area contributed by atoms with Crippen molar-refractivity contribution in [2.75, 3.05) is 0 Å². The fourth-order valence-corrected chi connectivity index (χ4v) is 2.75. The third-order valence-corrected chi connectivity index (χ3v) is 3.77. The molecule has 1 unspecified atom stereocenters. The van der Waals surface area contributed by atoms with Gasteiger partial charge in [0.25, 0.3) is 0 Å². The number of hydrogen-bond donors (Lipinski definition) is 1. The number of benzene rings is 1. The Labute approximate surface area is 114 Å². The molecular weight excluding hydrogens is 240 g/mol. The lowest BCUT2D eigenvalue weighted by atomic mass is 10.0. The molecule has 0 fully saturated rings. The number of hydrogen-bond acceptors (Lipinski definition) is 1. The van der Waals surface area contributed by atoms with Crippen LogP contribution in [0.25, 0.3) is 0 Å². The van der Waals surface area contributed by atoms with Gasteiger partial charge >= 0.3 is 0 Å². The molecule has 0 aliphatic carbocycles. The molecule has 2 aromatic rings. The highest BCUT2D eigenvalue weighted by Gasteiger charge is 2.16. The van der Waals surface area contributed by atoms with Gasteiger partial charge in [-0.15, -0.1) is 0 Å². The van der Waals surface area contributed by atoms with Crippen molar-refractivity contribution in [3.05, 3.63) is 52.1 Å². The van der Waals surface area contributed by atoms with Crippen molar-refractivity contribution in [2.24, 2.45) is 0 Å². The lowest BCUT2D eigenvalue weighted by Gasteiger charge is -2.20. The Morgan fingerprint density at radius 2 is 1.83 bits per heavy atom. The second-order valence-electron chi connectivity index (χ2n) is 5.08. The minimum atomic E-state index is 0.266. The van der Waals surface area contributed by atoms with Crippen molar-refractivity contribution in [1.82, 2.24) is 9.55 Å². The van der Waals surface area contributed by atoms with Crippen LogP contribution in [0.15, 0.2) is 30.5 Å². The van der Waals surface area contributed by atoms with Crippen LogP contribution < -0.4 is 0 Å². The van der Waals surface area contributed by atoms with E-state index in [0.29, 0.717) is 5.92 Å². The molecule has 96 valence electrons. The monoisotopic (exact) mass is 260 g/mol. The molecule has 0 saturated carbocycles. The van der Waals surface area contributed by atoms with Crippen LogP contribution in [0.4, 0.5) is 0 Å². The van der Waals surface area contributed by atoms with Gasteiger partial charge in [0.05, 0.1) is 6.04 Å². The minimum absolute atomic E-state index is 0.266. The van der Waals surface area contributed by atoms with Crippen molar-refractivity contribution >= 4 is 12.2 Å². The van der Waals surface area contributed by atoms with Gasteiger partial charge in [0, 0.05) is 11.9 Å². The predicted octanol–water partition coefficient (Wildman–Crippen LogP) is 4.59. The Bertz CT molecular complexity index is 593. The molecule has 0 amide bonds. The standard InChI is InChI=1S/C15H20N2S/c1-10(2)14-9-16-15(18)17(14)12(4)13-8-6-5-7-11(13)3/h5-10,12H,1-4H3,(H,16,18). The summed E-state index contributed by atoms with van der Waals surface area (Å²) in [4.78, 5) is 3.17. The van der Waals surface area contributed by atoms with Crippen molar-refractivity contribution in [3.63, 3.8) is 0 Å². The average Bonchev–Trinajstić information content (AvgIpc) is 2.71. The van der Waals surface area contributed by atoms with Crippen molar-refractivity contribution in [3.8, 4) is 0 Å². The molecule has 2 nitrogen and oxygen atoms in total. The van der Waals surface area contributed by atoms with E-state index in [2.05, 4.69) is 61.5 Å². The molecule has 2 rings (SSSR count). The molecule has 0 saturated heterocycles. The number of imidazole rings is 1. The largest absolute Gasteiger partial charge is 0.337 e. The summed E-state index contributed by atoms with van der Waals surface area (Å²) in [6.07, 6.45) is 2.03. The summed E-state index contributed by atoms with van der Waals surface area (Å²) < 4.78 is 3.02. The highest BCUT2D eigenvalue weighted by molar-refractivity contribution is 7.71. The van der Waals surface area contributed by atoms with E-state index in [4.69, 9.17) is 12.2 Å². The number of aromatic amines is 1. The zero-order valence-electron chi connectivity index (χ0n) is 11.4. The first kappa shape index (κ1) is 13.1. The predicted molar refractivity (Wildman–Crippen MR) is 78.7 cm³/mol. The molecule has 0 bridgehead atoms. The van der Waals surface area contributed by atoms with Crippen molar-refractivity contribution in [1.29, 1.82) is 0 Å². The van der Waals surface area contributed by atoms with Crippen molar-refractivity contribution in [2.45, 2.75) is 39.7 Å². The third-order valence-electron chi connectivity index (χ3n) is 3.46. The Hall–Kier alpha value is -1.35. The lowest BCUT2D eigenvalue weighted by molar-refractivity contribution is 0.580. The number of H-pyrrole nitrogens is 1. The molecule has 1 aromatic carbocycles. The van der Waals surface area contributed by atoms with E-state index >= 15 is 0 Å². The quantitative estimate of drug-likeness (QED) is 0.801. The summed E-state index contributed by atoms with van der Waals surface area (Å²) in [6.45, 7) is 8.74. The second-order valence-corrected chi connectivity index (χ2v) is 5.46. The van der Waals surface area contributed by atoms with E-state index in [1.165, 1.54) is 16.8 Å². The van der Waals surface area contributed by atoms with E-state index in [9.17, 15) is 0 Å². The zero-order valence-corrected chi connectivity index (χ0v) is 12.2. The van der Waals surface area contributed by atoms with E-state index in [0.717, 1.165) is 4.77 Å². The molecule has 3 heteroatoms. The van der Waals surface area contributed by atoms with Crippen LogP contribution in [-0.4, -0.2) is 9.55 Å². The van der Waals surface area contributed by atoms with Crippen LogP contribution in [0.3, 0.4) is 0 Å². The molecule has 1 aromatic heterocycles. The zero-order chi connectivity index (χ0) is 13.3. The highest BCUT2D eigenvalue weighted by atomic mass is 32.1. The first-order valence-corrected chi connectivity index (χ1v) is 6.78. The third kappa shape index (κ3) is 2.27. The normalized spacial score (nSPS) is 12.9. The molecule has 1 atom stereocenters. The smallest absolute Gasteiger partial charge is 0.177 e. The van der Waals surface area contributed by atoms with Crippen LogP contribution in [0.5, 0.6) is 0 Å². The Morgan fingerprint density at radius 3 is 2.44 bits per heavy atom. The topological polar surface area (TPSA) is 20.7 Å². The fraction of sp³-hybridized carbons (Fsp3) is 0.400. The highest BCUT2D eigenvalue weighted by Crippen LogP contribution is 2.26. The van der Waals surface area contributed by atoms with Gasteiger partial charge in [0.2, 0.25) is 0 Å². The SMILES string of the molecule is Cc1ccccc1C(C)n1c(C(C)C)c[nH]c1=S. The minimum Gasteiger partial charge on any atom is -0.337 e. The summed E-state index contributed by atoms with van der Waals surface area (Å²) in [5.74, 6) is 0.462. The van der Waals surface area contributed by atoms with Gasteiger partial charge in [-0.25, -0.2) is 0 Å². The van der Waals surface area contributed by atoms with Gasteiger partial charge in [0.1, 0.15) is 0 Å². The number of aryl methyl sites for hydroxylation is 1. The summed E-state index contributed by atoms with van der Waals surface area (Å²) >= 11 is 5.42. The van der Waals surface area contributed by atoms with E-state index in [1.54, 1.807) is 0 Å². The Morgan fingerprint density at radius 1 is 1.17 bits per heavy atom. The number of nitrogens with one attached hydrogen (secondary N) is 1. The molecule has 0 spiro atoms. The summed E-state index contributed by atoms with van der Waals surface area (Å²) in [6, 6.07) is 8.76. The molecule has 18 heavy (non-hydrogen) atoms. The maximum absolute atomic E-state index is 5.42. The van der Waals surface area contributed by atoms with E-state index < -0.39 is 0 Å². The fourth-order valence-electron chi connectivity index (χ4n) is 2.43. The first-order valence-electron chi connectivity index (χ1n) is 6.37. The molecule has 1 heterocycles. The first-order chi connectivity index (χ1) is 8.52. The van der Waals surface area contributed by atoms with Crippen LogP contribution in [0, 0.1) is 11.7 Å². The van der Waals surface area contributed by atoms with Gasteiger partial charge in [-0.2, -0.15) is 0 Å². The average molecular weight is 260 g/mol. The molecule has 1 N–H and O–H groups in total. The Balaban J connectivity index is 2.53. The molecule has 0 aliphatic heterocycles. The van der Waals surface area contributed by atoms with Gasteiger partial charge in [-0.05, 0) is 43.1 Å². The van der Waals surface area contributed by atoms with E-state index in [-0.39, 0.29) is 6.04 Å². The molecule has 0 radical (unpaired) electrons. The van der Waals surface area contributed by atoms with Gasteiger partial charge < -0.3 is 9.55 Å². The van der Waals surface area contributed by atoms with Crippen LogP contribution in [-0.2, 0) is 0 Å².